The Morgan fingerprint density at radius 1 is 1.29 bits per heavy atom. The van der Waals surface area contributed by atoms with Gasteiger partial charge in [0.15, 0.2) is 0 Å². The molecular formula is C11H20F3NO2. The molecule has 0 saturated carbocycles. The lowest BCUT2D eigenvalue weighted by Crippen LogP contribution is -2.46. The van der Waals surface area contributed by atoms with Gasteiger partial charge in [0.05, 0.1) is 6.54 Å². The molecule has 0 aromatic rings. The van der Waals surface area contributed by atoms with Gasteiger partial charge in [0.1, 0.15) is 11.6 Å². The van der Waals surface area contributed by atoms with Gasteiger partial charge in [0.25, 0.3) is 0 Å². The molecule has 0 rings (SSSR count). The summed E-state index contributed by atoms with van der Waals surface area (Å²) >= 11 is 0. The van der Waals surface area contributed by atoms with Crippen molar-refractivity contribution in [1.29, 1.82) is 0 Å². The molecule has 1 atom stereocenters. The highest BCUT2D eigenvalue weighted by Gasteiger charge is 2.35. The van der Waals surface area contributed by atoms with Crippen LogP contribution >= 0.6 is 0 Å². The summed E-state index contributed by atoms with van der Waals surface area (Å²) in [4.78, 5) is 12.6. The molecule has 0 fully saturated rings. The summed E-state index contributed by atoms with van der Waals surface area (Å²) in [7, 11) is 0. The summed E-state index contributed by atoms with van der Waals surface area (Å²) in [5.74, 6) is -0.636. The Kier molecular flexibility index (Phi) is 5.45. The van der Waals surface area contributed by atoms with E-state index in [1.165, 1.54) is 6.92 Å². The first-order chi connectivity index (χ1) is 7.46. The summed E-state index contributed by atoms with van der Waals surface area (Å²) in [6.07, 6.45) is -4.31. The van der Waals surface area contributed by atoms with Crippen LogP contribution in [0.4, 0.5) is 13.2 Å². The van der Waals surface area contributed by atoms with Crippen LogP contribution in [0.5, 0.6) is 0 Å². The highest BCUT2D eigenvalue weighted by molar-refractivity contribution is 5.75. The van der Waals surface area contributed by atoms with E-state index >= 15 is 0 Å². The first-order valence-electron chi connectivity index (χ1n) is 5.50. The van der Waals surface area contributed by atoms with Crippen LogP contribution in [0.15, 0.2) is 0 Å². The lowest BCUT2D eigenvalue weighted by Gasteiger charge is -2.29. The van der Waals surface area contributed by atoms with Crippen molar-refractivity contribution in [2.45, 2.75) is 52.4 Å². The van der Waals surface area contributed by atoms with Crippen LogP contribution in [0, 0.1) is 0 Å². The van der Waals surface area contributed by atoms with Crippen molar-refractivity contribution < 1.29 is 22.7 Å². The highest BCUT2D eigenvalue weighted by atomic mass is 19.4. The van der Waals surface area contributed by atoms with Crippen molar-refractivity contribution in [3.63, 3.8) is 0 Å². The van der Waals surface area contributed by atoms with Crippen LogP contribution in [-0.2, 0) is 9.53 Å². The minimum Gasteiger partial charge on any atom is -0.459 e. The molecule has 102 valence electrons. The monoisotopic (exact) mass is 255 g/mol. The molecule has 0 aromatic heterocycles. The van der Waals surface area contributed by atoms with Gasteiger partial charge >= 0.3 is 12.1 Å². The van der Waals surface area contributed by atoms with Gasteiger partial charge in [-0.2, -0.15) is 13.2 Å². The molecule has 0 aromatic carbocycles. The minimum absolute atomic E-state index is 0.139. The van der Waals surface area contributed by atoms with E-state index in [2.05, 4.69) is 0 Å². The zero-order valence-electron chi connectivity index (χ0n) is 10.9. The Morgan fingerprint density at radius 2 is 1.76 bits per heavy atom. The Morgan fingerprint density at radius 3 is 2.06 bits per heavy atom. The fourth-order valence-electron chi connectivity index (χ4n) is 1.29. The van der Waals surface area contributed by atoms with E-state index in [-0.39, 0.29) is 6.54 Å². The summed E-state index contributed by atoms with van der Waals surface area (Å²) in [6, 6.07) is -0.902. The molecule has 0 aliphatic carbocycles. The van der Waals surface area contributed by atoms with Crippen LogP contribution in [0.1, 0.15) is 34.6 Å². The number of hydrogen-bond acceptors (Lipinski definition) is 3. The maximum atomic E-state index is 12.3. The van der Waals surface area contributed by atoms with E-state index in [0.717, 1.165) is 4.90 Å². The summed E-state index contributed by atoms with van der Waals surface area (Å²) < 4.78 is 41.8. The van der Waals surface area contributed by atoms with Gasteiger partial charge in [-0.25, -0.2) is 0 Å². The van der Waals surface area contributed by atoms with E-state index in [1.807, 2.05) is 0 Å². The molecule has 3 nitrogen and oxygen atoms in total. The molecule has 17 heavy (non-hydrogen) atoms. The quantitative estimate of drug-likeness (QED) is 0.723. The molecule has 0 spiro atoms. The molecule has 1 unspecified atom stereocenters. The van der Waals surface area contributed by atoms with E-state index in [4.69, 9.17) is 4.74 Å². The molecule has 0 aliphatic rings. The summed E-state index contributed by atoms with van der Waals surface area (Å²) in [5, 5.41) is 0. The Bertz CT molecular complexity index is 258. The van der Waals surface area contributed by atoms with E-state index < -0.39 is 30.3 Å². The zero-order valence-corrected chi connectivity index (χ0v) is 10.9. The number of nitrogens with zero attached hydrogens (tertiary/aromatic N) is 1. The fraction of sp³-hybridized carbons (Fsp3) is 0.909. The minimum atomic E-state index is -4.31. The van der Waals surface area contributed by atoms with Crippen LogP contribution in [0.3, 0.4) is 0 Å². The number of hydrogen-bond donors (Lipinski definition) is 0. The van der Waals surface area contributed by atoms with Crippen molar-refractivity contribution in [2.24, 2.45) is 0 Å². The largest absolute Gasteiger partial charge is 0.459 e. The number of likely N-dealkylation sites (N-methyl/N-ethyl adjacent to an activating group) is 1. The van der Waals surface area contributed by atoms with Gasteiger partial charge in [-0.3, -0.25) is 9.69 Å². The van der Waals surface area contributed by atoms with Crippen molar-refractivity contribution in [3.05, 3.63) is 0 Å². The number of halogens is 3. The van der Waals surface area contributed by atoms with E-state index in [9.17, 15) is 18.0 Å². The fourth-order valence-corrected chi connectivity index (χ4v) is 1.29. The Balaban J connectivity index is 4.54. The predicted octanol–water partition coefficient (Wildman–Crippen LogP) is 2.60. The molecule has 0 bridgehead atoms. The molecule has 6 heteroatoms. The standard InChI is InChI=1S/C11H20F3NO2/c1-6-15(7-11(12,13)14)8(2)9(16)17-10(3,4)5/h8H,6-7H2,1-5H3. The first kappa shape index (κ1) is 16.2. The zero-order chi connectivity index (χ0) is 13.9. The maximum Gasteiger partial charge on any atom is 0.401 e. The van der Waals surface area contributed by atoms with Gasteiger partial charge in [0, 0.05) is 0 Å². The maximum absolute atomic E-state index is 12.3. The van der Waals surface area contributed by atoms with Crippen LogP contribution in [0.25, 0.3) is 0 Å². The number of carbonyl (C=O) groups excluding carboxylic acids is 1. The van der Waals surface area contributed by atoms with Gasteiger partial charge in [0.2, 0.25) is 0 Å². The first-order valence-corrected chi connectivity index (χ1v) is 5.50. The second-order valence-electron chi connectivity index (χ2n) is 4.89. The van der Waals surface area contributed by atoms with Gasteiger partial charge < -0.3 is 4.74 Å². The van der Waals surface area contributed by atoms with E-state index in [1.54, 1.807) is 27.7 Å². The Labute approximate surface area is 99.9 Å². The average molecular weight is 255 g/mol. The number of ether oxygens (including phenoxy) is 1. The molecule has 0 saturated heterocycles. The second-order valence-corrected chi connectivity index (χ2v) is 4.89. The van der Waals surface area contributed by atoms with Gasteiger partial charge in [-0.15, -0.1) is 0 Å². The van der Waals surface area contributed by atoms with Crippen LogP contribution < -0.4 is 0 Å². The lowest BCUT2D eigenvalue weighted by atomic mass is 10.2. The molecule has 0 radical (unpaired) electrons. The Hall–Kier alpha value is -0.780. The number of rotatable bonds is 4. The topological polar surface area (TPSA) is 29.5 Å². The summed E-state index contributed by atoms with van der Waals surface area (Å²) in [6.45, 7) is 7.06. The molecule has 0 N–H and O–H groups in total. The smallest absolute Gasteiger partial charge is 0.401 e. The normalized spacial score (nSPS) is 14.9. The number of esters is 1. The average Bonchev–Trinajstić information content (AvgIpc) is 2.08. The SMILES string of the molecule is CCN(CC(F)(F)F)C(C)C(=O)OC(C)(C)C. The van der Waals surface area contributed by atoms with Crippen LogP contribution in [-0.4, -0.2) is 41.8 Å². The van der Waals surface area contributed by atoms with Crippen molar-refractivity contribution in [2.75, 3.05) is 13.1 Å². The third-order valence-electron chi connectivity index (χ3n) is 2.08. The molecule has 0 aliphatic heterocycles. The molecule has 0 amide bonds. The summed E-state index contributed by atoms with van der Waals surface area (Å²) in [5.41, 5.74) is -0.691. The predicted molar refractivity (Wildman–Crippen MR) is 58.6 cm³/mol. The van der Waals surface area contributed by atoms with Gasteiger partial charge in [-0.1, -0.05) is 6.92 Å². The lowest BCUT2D eigenvalue weighted by molar-refractivity contribution is -0.170. The van der Waals surface area contributed by atoms with Crippen molar-refractivity contribution >= 4 is 5.97 Å². The number of carbonyl (C=O) groups is 1. The second kappa shape index (κ2) is 5.71. The van der Waals surface area contributed by atoms with Crippen molar-refractivity contribution in [1.82, 2.24) is 4.90 Å². The third-order valence-corrected chi connectivity index (χ3v) is 2.08. The highest BCUT2D eigenvalue weighted by Crippen LogP contribution is 2.19. The van der Waals surface area contributed by atoms with E-state index in [0.29, 0.717) is 0 Å². The number of alkyl halides is 3. The van der Waals surface area contributed by atoms with Crippen molar-refractivity contribution in [3.8, 4) is 0 Å². The van der Waals surface area contributed by atoms with Gasteiger partial charge in [-0.05, 0) is 34.2 Å². The third kappa shape index (κ3) is 7.20. The molecular weight excluding hydrogens is 235 g/mol. The molecule has 0 heterocycles. The van der Waals surface area contributed by atoms with Crippen LogP contribution in [0.2, 0.25) is 0 Å².